The third kappa shape index (κ3) is 6.55. The number of para-hydroxylation sites is 1. The zero-order valence-corrected chi connectivity index (χ0v) is 12.5. The Morgan fingerprint density at radius 3 is 2.81 bits per heavy atom. The summed E-state index contributed by atoms with van der Waals surface area (Å²) in [5.41, 5.74) is 0.740. The van der Waals surface area contributed by atoms with Crippen molar-refractivity contribution in [2.24, 2.45) is 0 Å². The number of esters is 1. The summed E-state index contributed by atoms with van der Waals surface area (Å²) in [4.78, 5) is 11.0. The fourth-order valence-corrected chi connectivity index (χ4v) is 1.74. The van der Waals surface area contributed by atoms with E-state index >= 15 is 0 Å². The molecule has 0 aromatic heterocycles. The highest BCUT2D eigenvalue weighted by atomic mass is 19.1. The second kappa shape index (κ2) is 10.1. The van der Waals surface area contributed by atoms with Crippen LogP contribution in [0.5, 0.6) is 5.75 Å². The van der Waals surface area contributed by atoms with Crippen LogP contribution in [-0.4, -0.2) is 39.9 Å². The Bertz CT molecular complexity index is 440. The number of rotatable bonds is 10. The molecule has 5 nitrogen and oxygen atoms in total. The molecule has 0 unspecified atom stereocenters. The van der Waals surface area contributed by atoms with E-state index in [2.05, 4.69) is 10.1 Å². The van der Waals surface area contributed by atoms with Gasteiger partial charge in [0.1, 0.15) is 0 Å². The summed E-state index contributed by atoms with van der Waals surface area (Å²) in [5, 5.41) is 3.14. The highest BCUT2D eigenvalue weighted by molar-refractivity contribution is 5.69. The molecule has 0 aliphatic rings. The van der Waals surface area contributed by atoms with Crippen molar-refractivity contribution in [3.63, 3.8) is 0 Å². The minimum absolute atomic E-state index is 0.229. The molecule has 1 rings (SSSR count). The number of halogens is 1. The molecular weight excluding hydrogens is 277 g/mol. The topological polar surface area (TPSA) is 56.8 Å². The molecule has 0 aliphatic carbocycles. The van der Waals surface area contributed by atoms with Gasteiger partial charge in [0.25, 0.3) is 0 Å². The van der Waals surface area contributed by atoms with Gasteiger partial charge >= 0.3 is 5.97 Å². The molecule has 6 heteroatoms. The first-order valence-corrected chi connectivity index (χ1v) is 6.85. The van der Waals surface area contributed by atoms with E-state index in [1.165, 1.54) is 13.2 Å². The fourth-order valence-electron chi connectivity index (χ4n) is 1.74. The van der Waals surface area contributed by atoms with Crippen molar-refractivity contribution in [3.8, 4) is 5.75 Å². The monoisotopic (exact) mass is 299 g/mol. The summed E-state index contributed by atoms with van der Waals surface area (Å²) >= 11 is 0. The SMILES string of the molecule is COCCNCc1cccc(F)c1OCCCC(=O)OC. The maximum atomic E-state index is 13.8. The molecule has 0 radical (unpaired) electrons. The molecule has 0 bridgehead atoms. The molecular formula is C15H22FNO4. The van der Waals surface area contributed by atoms with Crippen molar-refractivity contribution in [3.05, 3.63) is 29.6 Å². The van der Waals surface area contributed by atoms with E-state index in [0.717, 1.165) is 5.56 Å². The van der Waals surface area contributed by atoms with E-state index in [4.69, 9.17) is 9.47 Å². The molecule has 1 N–H and O–H groups in total. The third-order valence-electron chi connectivity index (χ3n) is 2.85. The smallest absolute Gasteiger partial charge is 0.305 e. The van der Waals surface area contributed by atoms with Crippen molar-refractivity contribution in [2.75, 3.05) is 34.0 Å². The quantitative estimate of drug-likeness (QED) is 0.528. The van der Waals surface area contributed by atoms with Crippen molar-refractivity contribution < 1.29 is 23.4 Å². The number of carbonyl (C=O) groups is 1. The van der Waals surface area contributed by atoms with Crippen molar-refractivity contribution in [1.82, 2.24) is 5.32 Å². The van der Waals surface area contributed by atoms with Crippen LogP contribution in [0.3, 0.4) is 0 Å². The number of nitrogens with one attached hydrogen (secondary N) is 1. The Balaban J connectivity index is 2.48. The van der Waals surface area contributed by atoms with Gasteiger partial charge in [-0.2, -0.15) is 0 Å². The largest absolute Gasteiger partial charge is 0.490 e. The highest BCUT2D eigenvalue weighted by Crippen LogP contribution is 2.22. The van der Waals surface area contributed by atoms with E-state index in [1.807, 2.05) is 0 Å². The van der Waals surface area contributed by atoms with Gasteiger partial charge in [-0.1, -0.05) is 12.1 Å². The summed E-state index contributed by atoms with van der Waals surface area (Å²) in [6.45, 7) is 2.02. The van der Waals surface area contributed by atoms with Crippen LogP contribution in [0.1, 0.15) is 18.4 Å². The Hall–Kier alpha value is -1.66. The molecule has 0 heterocycles. The summed E-state index contributed by atoms with van der Waals surface area (Å²) in [5.74, 6) is -0.472. The number of carbonyl (C=O) groups excluding carboxylic acids is 1. The molecule has 0 aliphatic heterocycles. The molecule has 1 aromatic carbocycles. The van der Waals surface area contributed by atoms with Gasteiger partial charge in [0.2, 0.25) is 0 Å². The summed E-state index contributed by atoms with van der Waals surface area (Å²) < 4.78 is 28.7. The minimum atomic E-state index is -0.404. The van der Waals surface area contributed by atoms with Crippen molar-refractivity contribution in [2.45, 2.75) is 19.4 Å². The lowest BCUT2D eigenvalue weighted by Gasteiger charge is -2.13. The lowest BCUT2D eigenvalue weighted by Crippen LogP contribution is -2.19. The highest BCUT2D eigenvalue weighted by Gasteiger charge is 2.10. The maximum absolute atomic E-state index is 13.8. The van der Waals surface area contributed by atoms with E-state index in [9.17, 15) is 9.18 Å². The maximum Gasteiger partial charge on any atom is 0.305 e. The van der Waals surface area contributed by atoms with Crippen molar-refractivity contribution >= 4 is 5.97 Å². The van der Waals surface area contributed by atoms with Crippen molar-refractivity contribution in [1.29, 1.82) is 0 Å². The fraction of sp³-hybridized carbons (Fsp3) is 0.533. The van der Waals surface area contributed by atoms with Gasteiger partial charge in [-0.15, -0.1) is 0 Å². The molecule has 0 saturated heterocycles. The van der Waals surface area contributed by atoms with Crippen LogP contribution in [0.2, 0.25) is 0 Å². The molecule has 118 valence electrons. The molecule has 21 heavy (non-hydrogen) atoms. The second-order valence-corrected chi connectivity index (χ2v) is 4.43. The van der Waals surface area contributed by atoms with Gasteiger partial charge in [0.15, 0.2) is 11.6 Å². The zero-order chi connectivity index (χ0) is 15.5. The van der Waals surface area contributed by atoms with E-state index in [0.29, 0.717) is 26.1 Å². The minimum Gasteiger partial charge on any atom is -0.490 e. The van der Waals surface area contributed by atoms with Gasteiger partial charge in [0.05, 0.1) is 20.3 Å². The van der Waals surface area contributed by atoms with Crippen LogP contribution in [-0.2, 0) is 20.8 Å². The first kappa shape index (κ1) is 17.4. The van der Waals surface area contributed by atoms with Crippen LogP contribution in [0.4, 0.5) is 4.39 Å². The Labute approximate surface area is 124 Å². The van der Waals surface area contributed by atoms with Crippen LogP contribution >= 0.6 is 0 Å². The number of benzene rings is 1. The molecule has 0 saturated carbocycles. The van der Waals surface area contributed by atoms with Crippen LogP contribution in [0.15, 0.2) is 18.2 Å². The first-order chi connectivity index (χ1) is 10.2. The van der Waals surface area contributed by atoms with E-state index in [1.54, 1.807) is 19.2 Å². The normalized spacial score (nSPS) is 10.4. The second-order valence-electron chi connectivity index (χ2n) is 4.43. The average Bonchev–Trinajstić information content (AvgIpc) is 2.49. The summed E-state index contributed by atoms with van der Waals surface area (Å²) in [6, 6.07) is 4.80. The van der Waals surface area contributed by atoms with Gasteiger partial charge in [-0.25, -0.2) is 4.39 Å². The van der Waals surface area contributed by atoms with Crippen LogP contribution in [0.25, 0.3) is 0 Å². The van der Waals surface area contributed by atoms with Gasteiger partial charge < -0.3 is 19.5 Å². The van der Waals surface area contributed by atoms with Crippen LogP contribution < -0.4 is 10.1 Å². The predicted molar refractivity (Wildman–Crippen MR) is 76.7 cm³/mol. The number of hydrogen-bond acceptors (Lipinski definition) is 5. The standard InChI is InChI=1S/C15H22FNO4/c1-19-10-8-17-11-12-5-3-6-13(16)15(12)21-9-4-7-14(18)20-2/h3,5-6,17H,4,7-11H2,1-2H3. The zero-order valence-electron chi connectivity index (χ0n) is 12.5. The Morgan fingerprint density at radius 2 is 2.10 bits per heavy atom. The molecule has 0 atom stereocenters. The van der Waals surface area contributed by atoms with E-state index < -0.39 is 5.82 Å². The summed E-state index contributed by atoms with van der Waals surface area (Å²) in [6.07, 6.45) is 0.740. The third-order valence-corrected chi connectivity index (χ3v) is 2.85. The number of hydrogen-bond donors (Lipinski definition) is 1. The molecule has 0 amide bonds. The Kier molecular flexibility index (Phi) is 8.38. The molecule has 0 fully saturated rings. The first-order valence-electron chi connectivity index (χ1n) is 6.85. The predicted octanol–water partition coefficient (Wildman–Crippen LogP) is 1.89. The summed E-state index contributed by atoms with van der Waals surface area (Å²) in [7, 11) is 2.96. The number of methoxy groups -OCH3 is 2. The molecule has 0 spiro atoms. The molecule has 1 aromatic rings. The average molecular weight is 299 g/mol. The Morgan fingerprint density at radius 1 is 1.29 bits per heavy atom. The van der Waals surface area contributed by atoms with E-state index in [-0.39, 0.29) is 24.7 Å². The number of ether oxygens (including phenoxy) is 3. The van der Waals surface area contributed by atoms with Gasteiger partial charge in [-0.3, -0.25) is 4.79 Å². The lowest BCUT2D eigenvalue weighted by atomic mass is 10.2. The van der Waals surface area contributed by atoms with Gasteiger partial charge in [-0.05, 0) is 12.5 Å². The lowest BCUT2D eigenvalue weighted by molar-refractivity contribution is -0.140. The van der Waals surface area contributed by atoms with Crippen LogP contribution in [0, 0.1) is 5.82 Å². The van der Waals surface area contributed by atoms with Gasteiger partial charge in [0, 0.05) is 32.2 Å².